The highest BCUT2D eigenvalue weighted by Crippen LogP contribution is 2.23. The number of amides is 2. The summed E-state index contributed by atoms with van der Waals surface area (Å²) in [6.45, 7) is 8.38. The smallest absolute Gasteiger partial charge is 0.317 e. The molecule has 6 heteroatoms. The van der Waals surface area contributed by atoms with Gasteiger partial charge in [-0.25, -0.2) is 14.8 Å². The number of aromatic nitrogens is 2. The number of hydrogen-bond acceptors (Lipinski definition) is 4. The third-order valence-electron chi connectivity index (χ3n) is 5.56. The van der Waals surface area contributed by atoms with Gasteiger partial charge < -0.3 is 10.2 Å². The second-order valence-corrected chi connectivity index (χ2v) is 7.72. The lowest BCUT2D eigenvalue weighted by atomic mass is 9.94. The van der Waals surface area contributed by atoms with Crippen molar-refractivity contribution in [2.75, 3.05) is 32.7 Å². The van der Waals surface area contributed by atoms with Crippen LogP contribution in [0, 0.1) is 13.8 Å². The third-order valence-corrected chi connectivity index (χ3v) is 5.56. The number of urea groups is 1. The molecule has 1 aromatic rings. The highest BCUT2D eigenvalue weighted by molar-refractivity contribution is 5.74. The van der Waals surface area contributed by atoms with Gasteiger partial charge in [0.25, 0.3) is 0 Å². The molecule has 1 aliphatic heterocycles. The Balaban J connectivity index is 1.43. The Labute approximate surface area is 157 Å². The SMILES string of the molecule is Cc1cc(C)nc(CCNC(=O)N2CCCN(C3CCCCC3)CC2)n1. The number of carbonyl (C=O) groups excluding carboxylic acids is 1. The summed E-state index contributed by atoms with van der Waals surface area (Å²) in [5, 5.41) is 3.05. The Morgan fingerprint density at radius 2 is 1.77 bits per heavy atom. The molecular formula is C20H33N5O. The van der Waals surface area contributed by atoms with Gasteiger partial charge in [0.05, 0.1) is 0 Å². The maximum Gasteiger partial charge on any atom is 0.317 e. The van der Waals surface area contributed by atoms with Crippen molar-refractivity contribution < 1.29 is 4.79 Å². The fraction of sp³-hybridized carbons (Fsp3) is 0.750. The number of aryl methyl sites for hydroxylation is 2. The minimum absolute atomic E-state index is 0.0554. The van der Waals surface area contributed by atoms with E-state index in [1.807, 2.05) is 24.8 Å². The van der Waals surface area contributed by atoms with Gasteiger partial charge in [-0.1, -0.05) is 19.3 Å². The molecule has 0 spiro atoms. The summed E-state index contributed by atoms with van der Waals surface area (Å²) >= 11 is 0. The van der Waals surface area contributed by atoms with Gasteiger partial charge in [0.2, 0.25) is 0 Å². The zero-order chi connectivity index (χ0) is 18.4. The van der Waals surface area contributed by atoms with E-state index in [2.05, 4.69) is 20.2 Å². The molecule has 2 fully saturated rings. The van der Waals surface area contributed by atoms with E-state index in [-0.39, 0.29) is 6.03 Å². The van der Waals surface area contributed by atoms with E-state index >= 15 is 0 Å². The molecule has 0 radical (unpaired) electrons. The van der Waals surface area contributed by atoms with Crippen molar-refractivity contribution in [1.29, 1.82) is 0 Å². The number of rotatable bonds is 4. The average Bonchev–Trinajstić information content (AvgIpc) is 2.88. The van der Waals surface area contributed by atoms with Gasteiger partial charge in [-0.2, -0.15) is 0 Å². The molecule has 0 unspecified atom stereocenters. The van der Waals surface area contributed by atoms with E-state index in [1.165, 1.54) is 32.1 Å². The molecule has 2 aliphatic rings. The zero-order valence-electron chi connectivity index (χ0n) is 16.3. The van der Waals surface area contributed by atoms with Gasteiger partial charge in [0.1, 0.15) is 5.82 Å². The van der Waals surface area contributed by atoms with E-state index in [4.69, 9.17) is 0 Å². The predicted octanol–water partition coefficient (Wildman–Crippen LogP) is 2.69. The molecule has 2 heterocycles. The molecule has 0 bridgehead atoms. The Bertz CT molecular complexity index is 580. The average molecular weight is 360 g/mol. The fourth-order valence-corrected chi connectivity index (χ4v) is 4.26. The van der Waals surface area contributed by atoms with E-state index < -0.39 is 0 Å². The largest absolute Gasteiger partial charge is 0.338 e. The van der Waals surface area contributed by atoms with Crippen LogP contribution < -0.4 is 5.32 Å². The summed E-state index contributed by atoms with van der Waals surface area (Å²) in [6.07, 6.45) is 8.55. The van der Waals surface area contributed by atoms with Gasteiger partial charge in [-0.15, -0.1) is 0 Å². The zero-order valence-corrected chi connectivity index (χ0v) is 16.3. The monoisotopic (exact) mass is 359 g/mol. The van der Waals surface area contributed by atoms with Crippen LogP contribution in [0.4, 0.5) is 4.79 Å². The van der Waals surface area contributed by atoms with Crippen LogP contribution >= 0.6 is 0 Å². The first-order valence-corrected chi connectivity index (χ1v) is 10.2. The summed E-state index contributed by atoms with van der Waals surface area (Å²) in [4.78, 5) is 26.0. The van der Waals surface area contributed by atoms with Gasteiger partial charge in [0, 0.05) is 56.6 Å². The molecular weight excluding hydrogens is 326 g/mol. The molecule has 1 aliphatic carbocycles. The van der Waals surface area contributed by atoms with Crippen LogP contribution in [0.2, 0.25) is 0 Å². The summed E-state index contributed by atoms with van der Waals surface area (Å²) in [7, 11) is 0. The van der Waals surface area contributed by atoms with Crippen molar-refractivity contribution in [3.63, 3.8) is 0 Å². The Kier molecular flexibility index (Phi) is 6.83. The Morgan fingerprint density at radius 1 is 1.04 bits per heavy atom. The second kappa shape index (κ2) is 9.31. The highest BCUT2D eigenvalue weighted by Gasteiger charge is 2.25. The van der Waals surface area contributed by atoms with Crippen LogP contribution in [0.5, 0.6) is 0 Å². The second-order valence-electron chi connectivity index (χ2n) is 7.72. The lowest BCUT2D eigenvalue weighted by molar-refractivity contribution is 0.159. The lowest BCUT2D eigenvalue weighted by Gasteiger charge is -2.33. The number of carbonyl (C=O) groups is 1. The van der Waals surface area contributed by atoms with Crippen molar-refractivity contribution in [3.05, 3.63) is 23.3 Å². The molecule has 144 valence electrons. The van der Waals surface area contributed by atoms with Crippen LogP contribution in [0.3, 0.4) is 0 Å². The molecule has 1 saturated heterocycles. The molecule has 3 rings (SSSR count). The molecule has 0 atom stereocenters. The van der Waals surface area contributed by atoms with Crippen molar-refractivity contribution >= 4 is 6.03 Å². The summed E-state index contributed by atoms with van der Waals surface area (Å²) in [6, 6.07) is 2.77. The van der Waals surface area contributed by atoms with Gasteiger partial charge in [-0.3, -0.25) is 4.90 Å². The van der Waals surface area contributed by atoms with E-state index in [0.29, 0.717) is 13.0 Å². The first-order valence-electron chi connectivity index (χ1n) is 10.2. The van der Waals surface area contributed by atoms with Crippen molar-refractivity contribution in [2.24, 2.45) is 0 Å². The maximum atomic E-state index is 12.5. The minimum atomic E-state index is 0.0554. The lowest BCUT2D eigenvalue weighted by Crippen LogP contribution is -2.44. The standard InChI is InChI=1S/C20H33N5O/c1-16-15-17(2)23-19(22-16)9-10-21-20(26)25-12-6-11-24(13-14-25)18-7-4-3-5-8-18/h15,18H,3-14H2,1-2H3,(H,21,26). The molecule has 26 heavy (non-hydrogen) atoms. The third kappa shape index (κ3) is 5.40. The van der Waals surface area contributed by atoms with Crippen LogP contribution in [0.15, 0.2) is 6.07 Å². The summed E-state index contributed by atoms with van der Waals surface area (Å²) in [5.41, 5.74) is 1.96. The topological polar surface area (TPSA) is 61.4 Å². The normalized spacial score (nSPS) is 20.0. The van der Waals surface area contributed by atoms with E-state index in [1.54, 1.807) is 0 Å². The molecule has 1 saturated carbocycles. The molecule has 1 aromatic heterocycles. The first-order chi connectivity index (χ1) is 12.6. The van der Waals surface area contributed by atoms with Crippen LogP contribution in [0.1, 0.15) is 55.7 Å². The van der Waals surface area contributed by atoms with Gasteiger partial charge in [0.15, 0.2) is 0 Å². The van der Waals surface area contributed by atoms with E-state index in [9.17, 15) is 4.79 Å². The summed E-state index contributed by atoms with van der Waals surface area (Å²) in [5.74, 6) is 0.808. The maximum absolute atomic E-state index is 12.5. The predicted molar refractivity (Wildman–Crippen MR) is 103 cm³/mol. The number of nitrogens with one attached hydrogen (secondary N) is 1. The quantitative estimate of drug-likeness (QED) is 0.898. The summed E-state index contributed by atoms with van der Waals surface area (Å²) < 4.78 is 0. The molecule has 1 N–H and O–H groups in total. The Hall–Kier alpha value is -1.69. The van der Waals surface area contributed by atoms with Crippen LogP contribution in [0.25, 0.3) is 0 Å². The van der Waals surface area contributed by atoms with Gasteiger partial charge >= 0.3 is 6.03 Å². The number of hydrogen-bond donors (Lipinski definition) is 1. The van der Waals surface area contributed by atoms with Gasteiger partial charge in [-0.05, 0) is 39.2 Å². The van der Waals surface area contributed by atoms with E-state index in [0.717, 1.165) is 55.9 Å². The van der Waals surface area contributed by atoms with Crippen LogP contribution in [-0.4, -0.2) is 64.6 Å². The molecule has 2 amide bonds. The number of nitrogens with zero attached hydrogens (tertiary/aromatic N) is 4. The molecule has 0 aromatic carbocycles. The minimum Gasteiger partial charge on any atom is -0.338 e. The van der Waals surface area contributed by atoms with Crippen molar-refractivity contribution in [1.82, 2.24) is 25.1 Å². The van der Waals surface area contributed by atoms with Crippen molar-refractivity contribution in [2.45, 2.75) is 64.8 Å². The first kappa shape index (κ1) is 19.1. The highest BCUT2D eigenvalue weighted by atomic mass is 16.2. The fourth-order valence-electron chi connectivity index (χ4n) is 4.26. The Morgan fingerprint density at radius 3 is 2.50 bits per heavy atom. The molecule has 6 nitrogen and oxygen atoms in total. The van der Waals surface area contributed by atoms with Crippen LogP contribution in [-0.2, 0) is 6.42 Å². The van der Waals surface area contributed by atoms with Crippen molar-refractivity contribution in [3.8, 4) is 0 Å².